The predicted octanol–water partition coefficient (Wildman–Crippen LogP) is 2.75. The van der Waals surface area contributed by atoms with Crippen LogP contribution in [0.3, 0.4) is 0 Å². The number of nitrogens with one attached hydrogen (secondary N) is 1. The lowest BCUT2D eigenvalue weighted by Gasteiger charge is -2.34. The summed E-state index contributed by atoms with van der Waals surface area (Å²) in [5.74, 6) is 0. The highest BCUT2D eigenvalue weighted by atomic mass is 32.1. The molecule has 0 atom stereocenters. The molecule has 18 heavy (non-hydrogen) atoms. The second-order valence-electron chi connectivity index (χ2n) is 4.54. The summed E-state index contributed by atoms with van der Waals surface area (Å²) in [5, 5.41) is 20.9. The van der Waals surface area contributed by atoms with Crippen molar-refractivity contribution in [2.45, 2.75) is 63.8 Å². The third-order valence-electron chi connectivity index (χ3n) is 3.08. The summed E-state index contributed by atoms with van der Waals surface area (Å²) in [6.45, 7) is 2.15. The van der Waals surface area contributed by atoms with Crippen molar-refractivity contribution in [2.24, 2.45) is 5.73 Å². The van der Waals surface area contributed by atoms with Gasteiger partial charge in [-0.2, -0.15) is 10.5 Å². The molecule has 3 N–H and O–H groups in total. The van der Waals surface area contributed by atoms with Crippen LogP contribution in [0.15, 0.2) is 0 Å². The van der Waals surface area contributed by atoms with Gasteiger partial charge < -0.3 is 11.1 Å². The fraction of sp³-hybridized carbons (Fsp3) is 0.769. The van der Waals surface area contributed by atoms with Crippen molar-refractivity contribution in [3.63, 3.8) is 0 Å². The Labute approximate surface area is 115 Å². The molecule has 0 fully saturated rings. The number of hydrogen-bond donors (Lipinski definition) is 2. The Kier molecular flexibility index (Phi) is 8.96. The molecule has 0 heterocycles. The first-order valence-electron chi connectivity index (χ1n) is 6.41. The molecule has 0 rings (SSSR count). The molecule has 0 aromatic heterocycles. The zero-order valence-corrected chi connectivity index (χ0v) is 11.9. The van der Waals surface area contributed by atoms with Crippen LogP contribution in [0.4, 0.5) is 0 Å². The minimum atomic E-state index is -0.285. The van der Waals surface area contributed by atoms with Crippen LogP contribution in [0.25, 0.3) is 0 Å². The fourth-order valence-corrected chi connectivity index (χ4v) is 2.34. The number of nitrogens with two attached hydrogens (primary N) is 1. The lowest BCUT2D eigenvalue weighted by Crippen LogP contribution is -2.50. The van der Waals surface area contributed by atoms with Gasteiger partial charge in [0.15, 0.2) is 5.11 Å². The van der Waals surface area contributed by atoms with Crippen molar-refractivity contribution >= 4 is 17.3 Å². The van der Waals surface area contributed by atoms with Crippen LogP contribution in [-0.2, 0) is 0 Å². The van der Waals surface area contributed by atoms with Gasteiger partial charge in [-0.3, -0.25) is 0 Å². The Morgan fingerprint density at radius 1 is 1.17 bits per heavy atom. The van der Waals surface area contributed by atoms with Gasteiger partial charge in [-0.25, -0.2) is 0 Å². The highest BCUT2D eigenvalue weighted by Crippen LogP contribution is 2.26. The average Bonchev–Trinajstić information content (AvgIpc) is 2.33. The number of rotatable bonds is 9. The standard InChI is InChI=1S/C13H22N4S/c1-2-3-4-7-13(8-5-10-14,9-6-11-15)17-12(16)18/h2-9H2,1H3,(H3,16,17,18). The smallest absolute Gasteiger partial charge is 0.164 e. The fourth-order valence-electron chi connectivity index (χ4n) is 2.13. The topological polar surface area (TPSA) is 85.6 Å². The predicted molar refractivity (Wildman–Crippen MR) is 76.5 cm³/mol. The molecule has 0 saturated heterocycles. The maximum atomic E-state index is 8.75. The molecule has 0 saturated carbocycles. The van der Waals surface area contributed by atoms with Crippen molar-refractivity contribution in [2.75, 3.05) is 0 Å². The molecule has 0 aliphatic carbocycles. The molecule has 0 bridgehead atoms. The van der Waals surface area contributed by atoms with E-state index in [1.54, 1.807) is 0 Å². The summed E-state index contributed by atoms with van der Waals surface area (Å²) in [6.07, 6.45) is 6.52. The van der Waals surface area contributed by atoms with Gasteiger partial charge in [0, 0.05) is 18.4 Å². The molecule has 0 aromatic rings. The van der Waals surface area contributed by atoms with Crippen LogP contribution in [0.5, 0.6) is 0 Å². The summed E-state index contributed by atoms with van der Waals surface area (Å²) in [5.41, 5.74) is 5.30. The van der Waals surface area contributed by atoms with Crippen LogP contribution in [0.1, 0.15) is 58.3 Å². The van der Waals surface area contributed by atoms with E-state index in [-0.39, 0.29) is 10.7 Å². The number of nitrogens with zero attached hydrogens (tertiary/aromatic N) is 2. The van der Waals surface area contributed by atoms with Crippen molar-refractivity contribution in [1.29, 1.82) is 10.5 Å². The van der Waals surface area contributed by atoms with Gasteiger partial charge in [-0.1, -0.05) is 26.2 Å². The molecule has 5 heteroatoms. The Morgan fingerprint density at radius 3 is 2.11 bits per heavy atom. The number of thiocarbonyl (C=S) groups is 1. The zero-order valence-electron chi connectivity index (χ0n) is 11.0. The van der Waals surface area contributed by atoms with Gasteiger partial charge in [0.25, 0.3) is 0 Å². The van der Waals surface area contributed by atoms with E-state index in [2.05, 4.69) is 24.4 Å². The maximum Gasteiger partial charge on any atom is 0.164 e. The first kappa shape index (κ1) is 16.7. The van der Waals surface area contributed by atoms with Crippen molar-refractivity contribution in [3.8, 4) is 12.1 Å². The van der Waals surface area contributed by atoms with E-state index in [1.165, 1.54) is 0 Å². The van der Waals surface area contributed by atoms with Crippen molar-refractivity contribution < 1.29 is 0 Å². The van der Waals surface area contributed by atoms with Crippen LogP contribution in [0.2, 0.25) is 0 Å². The van der Waals surface area contributed by atoms with Gasteiger partial charge in [-0.15, -0.1) is 0 Å². The van der Waals surface area contributed by atoms with Gasteiger partial charge >= 0.3 is 0 Å². The molecular weight excluding hydrogens is 244 g/mol. The van der Waals surface area contributed by atoms with Crippen LogP contribution in [0, 0.1) is 22.7 Å². The lowest BCUT2D eigenvalue weighted by molar-refractivity contribution is 0.298. The van der Waals surface area contributed by atoms with E-state index in [4.69, 9.17) is 28.5 Å². The van der Waals surface area contributed by atoms with E-state index in [0.29, 0.717) is 25.7 Å². The quantitative estimate of drug-likeness (QED) is 0.495. The SMILES string of the molecule is CCCCCC(CCC#N)(CCC#N)NC(N)=S. The highest BCUT2D eigenvalue weighted by Gasteiger charge is 2.29. The Hall–Kier alpha value is -1.33. The van der Waals surface area contributed by atoms with E-state index >= 15 is 0 Å². The van der Waals surface area contributed by atoms with Crippen molar-refractivity contribution in [1.82, 2.24) is 5.32 Å². The number of unbranched alkanes of at least 4 members (excludes halogenated alkanes) is 2. The van der Waals surface area contributed by atoms with Gasteiger partial charge in [0.2, 0.25) is 0 Å². The number of nitriles is 2. The monoisotopic (exact) mass is 266 g/mol. The molecule has 0 radical (unpaired) electrons. The third-order valence-corrected chi connectivity index (χ3v) is 3.18. The summed E-state index contributed by atoms with van der Waals surface area (Å²) < 4.78 is 0. The molecule has 0 aromatic carbocycles. The van der Waals surface area contributed by atoms with E-state index in [1.807, 2.05) is 0 Å². The van der Waals surface area contributed by atoms with Crippen LogP contribution in [-0.4, -0.2) is 10.7 Å². The van der Waals surface area contributed by atoms with E-state index in [0.717, 1.165) is 25.7 Å². The molecule has 4 nitrogen and oxygen atoms in total. The van der Waals surface area contributed by atoms with Crippen LogP contribution >= 0.6 is 12.2 Å². The van der Waals surface area contributed by atoms with Crippen molar-refractivity contribution in [3.05, 3.63) is 0 Å². The summed E-state index contributed by atoms with van der Waals surface area (Å²) in [4.78, 5) is 0. The summed E-state index contributed by atoms with van der Waals surface area (Å²) in [6, 6.07) is 4.31. The van der Waals surface area contributed by atoms with Gasteiger partial charge in [0.1, 0.15) is 0 Å². The highest BCUT2D eigenvalue weighted by molar-refractivity contribution is 7.80. The first-order valence-corrected chi connectivity index (χ1v) is 6.82. The van der Waals surface area contributed by atoms with Crippen LogP contribution < -0.4 is 11.1 Å². The van der Waals surface area contributed by atoms with E-state index < -0.39 is 0 Å². The molecule has 0 spiro atoms. The minimum Gasteiger partial charge on any atom is -0.376 e. The zero-order chi connectivity index (χ0) is 13.9. The molecule has 0 aliphatic heterocycles. The maximum absolute atomic E-state index is 8.75. The normalized spacial score (nSPS) is 10.4. The molecule has 0 aliphatic rings. The van der Waals surface area contributed by atoms with Gasteiger partial charge in [0.05, 0.1) is 12.1 Å². The second-order valence-corrected chi connectivity index (χ2v) is 4.98. The number of hydrogen-bond acceptors (Lipinski definition) is 3. The first-order chi connectivity index (χ1) is 8.60. The summed E-state index contributed by atoms with van der Waals surface area (Å²) >= 11 is 4.92. The Morgan fingerprint density at radius 2 is 1.72 bits per heavy atom. The lowest BCUT2D eigenvalue weighted by atomic mass is 9.83. The Balaban J connectivity index is 4.69. The summed E-state index contributed by atoms with van der Waals surface area (Å²) in [7, 11) is 0. The second kappa shape index (κ2) is 9.67. The molecule has 0 unspecified atom stereocenters. The largest absolute Gasteiger partial charge is 0.376 e. The third kappa shape index (κ3) is 7.09. The minimum absolute atomic E-state index is 0.252. The molecular formula is C13H22N4S. The molecule has 100 valence electrons. The van der Waals surface area contributed by atoms with Gasteiger partial charge in [-0.05, 0) is 31.5 Å². The Bertz CT molecular complexity index is 309. The van der Waals surface area contributed by atoms with E-state index in [9.17, 15) is 0 Å². The molecule has 0 amide bonds. The average molecular weight is 266 g/mol.